The van der Waals surface area contributed by atoms with E-state index in [0.717, 1.165) is 11.1 Å². The minimum Gasteiger partial charge on any atom is -0.305 e. The molecular formula is C23H42N2O6P2. The lowest BCUT2D eigenvalue weighted by Gasteiger charge is -2.36. The smallest absolute Gasteiger partial charge is 0.305 e. The van der Waals surface area contributed by atoms with Gasteiger partial charge in [-0.05, 0) is 67.9 Å². The molecule has 0 fully saturated rings. The lowest BCUT2D eigenvalue weighted by Crippen LogP contribution is -2.31. The number of rotatable bonds is 14. The van der Waals surface area contributed by atoms with Crippen molar-refractivity contribution in [3.05, 3.63) is 35.4 Å². The molecule has 0 bridgehead atoms. The van der Waals surface area contributed by atoms with Gasteiger partial charge < -0.3 is 18.1 Å². The van der Waals surface area contributed by atoms with Gasteiger partial charge in [-0.1, -0.05) is 29.8 Å². The number of aryl methyl sites for hydroxylation is 1. The predicted molar refractivity (Wildman–Crippen MR) is 135 cm³/mol. The minimum absolute atomic E-state index is 0.0181. The first-order chi connectivity index (χ1) is 15.2. The number of nitrogens with zero attached hydrogens (tertiary/aromatic N) is 2. The molecular weight excluding hydrogens is 462 g/mol. The summed E-state index contributed by atoms with van der Waals surface area (Å²) in [6.45, 7) is 16.0. The molecule has 0 N–H and O–H groups in total. The van der Waals surface area contributed by atoms with Crippen molar-refractivity contribution in [2.45, 2.75) is 92.1 Å². The van der Waals surface area contributed by atoms with Gasteiger partial charge in [0.2, 0.25) is 0 Å². The zero-order chi connectivity index (χ0) is 25.4. The molecule has 0 saturated heterocycles. The first-order valence-corrected chi connectivity index (χ1v) is 14.6. The Kier molecular flexibility index (Phi) is 12.0. The van der Waals surface area contributed by atoms with Crippen LogP contribution in [0.3, 0.4) is 0 Å². The summed E-state index contributed by atoms with van der Waals surface area (Å²) in [5.74, 6) is 0. The summed E-state index contributed by atoms with van der Waals surface area (Å²) in [4.78, 5) is 0. The van der Waals surface area contributed by atoms with Crippen molar-refractivity contribution in [3.8, 4) is 0 Å². The highest BCUT2D eigenvalue weighted by Gasteiger charge is 2.53. The van der Waals surface area contributed by atoms with Crippen molar-refractivity contribution in [2.75, 3.05) is 13.6 Å². The van der Waals surface area contributed by atoms with E-state index < -0.39 is 45.0 Å². The van der Waals surface area contributed by atoms with Crippen molar-refractivity contribution in [3.63, 3.8) is 0 Å². The van der Waals surface area contributed by atoms with Crippen molar-refractivity contribution < 1.29 is 27.2 Å². The lowest BCUT2D eigenvalue weighted by molar-refractivity contribution is 0.118. The first kappa shape index (κ1) is 30.0. The van der Waals surface area contributed by atoms with Gasteiger partial charge in [-0.25, -0.2) is 0 Å². The van der Waals surface area contributed by atoms with E-state index in [1.807, 2.05) is 31.2 Å². The topological polar surface area (TPSA) is 86.7 Å². The van der Waals surface area contributed by atoms with Crippen LogP contribution >= 0.6 is 15.2 Å². The maximum Gasteiger partial charge on any atom is 0.348 e. The number of hydrogen-bond acceptors (Lipinski definition) is 8. The van der Waals surface area contributed by atoms with Gasteiger partial charge in [0.05, 0.1) is 37.2 Å². The number of hydrazone groups is 1. The molecule has 1 aromatic carbocycles. The van der Waals surface area contributed by atoms with E-state index in [0.29, 0.717) is 0 Å². The third-order valence-electron chi connectivity index (χ3n) is 4.07. The molecule has 10 heteroatoms. The molecule has 0 spiro atoms. The third kappa shape index (κ3) is 10.4. The summed E-state index contributed by atoms with van der Waals surface area (Å²) in [5, 5.41) is 4.82. The highest BCUT2D eigenvalue weighted by atomic mass is 31.2. The molecule has 0 aromatic heterocycles. The van der Waals surface area contributed by atoms with E-state index in [1.165, 1.54) is 0 Å². The van der Waals surface area contributed by atoms with Gasteiger partial charge >= 0.3 is 15.2 Å². The Bertz CT molecular complexity index is 774. The summed E-state index contributed by atoms with van der Waals surface area (Å²) in [6, 6.07) is 7.89. The summed E-state index contributed by atoms with van der Waals surface area (Å²) in [6.07, 6.45) is -0.0176. The van der Waals surface area contributed by atoms with Gasteiger partial charge in [-0.15, -0.1) is 0 Å². The monoisotopic (exact) mass is 504 g/mol. The standard InChI is InChI=1S/C23H42N2O6P2/c1-17(2)28-32(26,29-18(3)4)23(33(27,30-19(5)6)31-20(7)8)16-25(10)24-15-22-13-11-21(9)12-14-22/h11-15,17-20,23H,16H2,1-10H3/b24-15+. The molecule has 8 nitrogen and oxygen atoms in total. The minimum atomic E-state index is -3.96. The van der Waals surface area contributed by atoms with Crippen LogP contribution in [0.4, 0.5) is 0 Å². The molecule has 33 heavy (non-hydrogen) atoms. The highest BCUT2D eigenvalue weighted by Crippen LogP contribution is 2.71. The molecule has 190 valence electrons. The Morgan fingerprint density at radius 1 is 0.788 bits per heavy atom. The molecule has 0 amide bonds. The zero-order valence-corrected chi connectivity index (χ0v) is 23.5. The van der Waals surface area contributed by atoms with Crippen LogP contribution in [-0.2, 0) is 27.2 Å². The van der Waals surface area contributed by atoms with E-state index in [1.54, 1.807) is 73.7 Å². The summed E-state index contributed by atoms with van der Waals surface area (Å²) < 4.78 is 51.5. The average Bonchev–Trinajstić information content (AvgIpc) is 2.62. The van der Waals surface area contributed by atoms with Crippen LogP contribution in [0.15, 0.2) is 29.4 Å². The first-order valence-electron chi connectivity index (χ1n) is 11.4. The van der Waals surface area contributed by atoms with Crippen LogP contribution < -0.4 is 0 Å². The van der Waals surface area contributed by atoms with Gasteiger partial charge in [0.1, 0.15) is 0 Å². The van der Waals surface area contributed by atoms with Crippen molar-refractivity contribution >= 4 is 21.4 Å². The van der Waals surface area contributed by atoms with Crippen LogP contribution in [0.5, 0.6) is 0 Å². The summed E-state index contributed by atoms with van der Waals surface area (Å²) >= 11 is 0. The number of hydrogen-bond donors (Lipinski definition) is 0. The molecule has 0 aliphatic rings. The predicted octanol–water partition coefficient (Wildman–Crippen LogP) is 6.67. The quantitative estimate of drug-likeness (QED) is 0.159. The lowest BCUT2D eigenvalue weighted by atomic mass is 10.2. The van der Waals surface area contributed by atoms with Crippen molar-refractivity contribution in [2.24, 2.45) is 5.10 Å². The average molecular weight is 505 g/mol. The molecule has 1 rings (SSSR count). The van der Waals surface area contributed by atoms with E-state index in [-0.39, 0.29) is 6.54 Å². The van der Waals surface area contributed by atoms with Gasteiger partial charge in [0.25, 0.3) is 0 Å². The molecule has 0 unspecified atom stereocenters. The SMILES string of the molecule is Cc1ccc(/C=N/N(C)CC(P(=O)(OC(C)C)OC(C)C)P(=O)(OC(C)C)OC(C)C)cc1. The molecule has 0 aliphatic carbocycles. The zero-order valence-electron chi connectivity index (χ0n) is 21.7. The van der Waals surface area contributed by atoms with Crippen LogP contribution in [0.1, 0.15) is 66.5 Å². The second-order valence-corrected chi connectivity index (χ2v) is 13.8. The molecule has 0 aliphatic heterocycles. The van der Waals surface area contributed by atoms with Crippen LogP contribution in [0.25, 0.3) is 0 Å². The van der Waals surface area contributed by atoms with Crippen molar-refractivity contribution in [1.82, 2.24) is 5.01 Å². The van der Waals surface area contributed by atoms with Crippen molar-refractivity contribution in [1.29, 1.82) is 0 Å². The second kappa shape index (κ2) is 13.2. The van der Waals surface area contributed by atoms with Gasteiger partial charge in [0, 0.05) is 7.05 Å². The Morgan fingerprint density at radius 3 is 1.48 bits per heavy atom. The molecule has 0 heterocycles. The van der Waals surface area contributed by atoms with E-state index >= 15 is 0 Å². The fourth-order valence-electron chi connectivity index (χ4n) is 2.98. The van der Waals surface area contributed by atoms with E-state index in [9.17, 15) is 9.13 Å². The molecule has 0 radical (unpaired) electrons. The molecule has 0 atom stereocenters. The maximum atomic E-state index is 14.1. The normalized spacial score (nSPS) is 13.4. The Hall–Kier alpha value is -1.01. The van der Waals surface area contributed by atoms with Gasteiger partial charge in [-0.2, -0.15) is 5.10 Å². The largest absolute Gasteiger partial charge is 0.348 e. The summed E-state index contributed by atoms with van der Waals surface area (Å²) in [7, 11) is -6.21. The van der Waals surface area contributed by atoms with Gasteiger partial charge in [0.15, 0.2) is 5.40 Å². The number of benzene rings is 1. The van der Waals surface area contributed by atoms with Gasteiger partial charge in [-0.3, -0.25) is 14.1 Å². The Morgan fingerprint density at radius 2 is 1.15 bits per heavy atom. The van der Waals surface area contributed by atoms with Crippen LogP contribution in [0.2, 0.25) is 0 Å². The fourth-order valence-corrected chi connectivity index (χ4v) is 8.90. The Labute approximate surface area is 200 Å². The second-order valence-electron chi connectivity index (χ2n) is 9.17. The van der Waals surface area contributed by atoms with E-state index in [2.05, 4.69) is 5.10 Å². The summed E-state index contributed by atoms with van der Waals surface area (Å²) in [5.41, 5.74) is 2.06. The highest BCUT2D eigenvalue weighted by molar-refractivity contribution is 7.72. The van der Waals surface area contributed by atoms with Crippen LogP contribution in [0, 0.1) is 6.92 Å². The maximum absolute atomic E-state index is 14.1. The molecule has 0 saturated carbocycles. The third-order valence-corrected chi connectivity index (χ3v) is 10.4. The Balaban J connectivity index is 3.43. The van der Waals surface area contributed by atoms with Crippen LogP contribution in [-0.4, -0.2) is 54.6 Å². The molecule has 1 aromatic rings. The van der Waals surface area contributed by atoms with E-state index in [4.69, 9.17) is 18.1 Å². The fraction of sp³-hybridized carbons (Fsp3) is 0.696.